The summed E-state index contributed by atoms with van der Waals surface area (Å²) in [6.07, 6.45) is 2.16. The van der Waals surface area contributed by atoms with E-state index < -0.39 is 0 Å². The zero-order chi connectivity index (χ0) is 8.04. The molecule has 10 heavy (non-hydrogen) atoms. The third-order valence-electron chi connectivity index (χ3n) is 0.384. The first-order chi connectivity index (χ1) is 4.50. The Morgan fingerprint density at radius 3 is 1.80 bits per heavy atom. The average molecular weight is 176 g/mol. The van der Waals surface area contributed by atoms with Crippen molar-refractivity contribution >= 4 is 21.6 Å². The average Bonchev–Trinajstić information content (AvgIpc) is 2.07. The van der Waals surface area contributed by atoms with Crippen molar-refractivity contribution in [1.82, 2.24) is 0 Å². The largest absolute Gasteiger partial charge is 0.0854 e. The Kier molecular flexibility index (Phi) is 5.36. The molecule has 0 aliphatic carbocycles. The van der Waals surface area contributed by atoms with E-state index in [0.717, 1.165) is 0 Å². The Balaban J connectivity index is 0.000000162. The maximum Gasteiger partial charge on any atom is 0.0229 e. The lowest BCUT2D eigenvalue weighted by Crippen LogP contribution is -1.93. The molecule has 0 amide bonds. The topological polar surface area (TPSA) is 0 Å². The highest BCUT2D eigenvalue weighted by Crippen LogP contribution is 2.27. The molecule has 0 radical (unpaired) electrons. The Morgan fingerprint density at radius 1 is 1.20 bits per heavy atom. The van der Waals surface area contributed by atoms with Crippen molar-refractivity contribution in [3.05, 3.63) is 11.5 Å². The molecule has 1 aliphatic rings. The molecule has 0 atom stereocenters. The van der Waals surface area contributed by atoms with E-state index in [1.54, 1.807) is 0 Å². The van der Waals surface area contributed by atoms with E-state index in [1.807, 2.05) is 21.6 Å². The van der Waals surface area contributed by atoms with Gasteiger partial charge in [-0.25, -0.2) is 0 Å². The molecule has 0 spiro atoms. The molecule has 60 valence electrons. The van der Waals surface area contributed by atoms with Gasteiger partial charge in [0.25, 0.3) is 0 Å². The molecule has 0 aromatic rings. The summed E-state index contributed by atoms with van der Waals surface area (Å²) in [6, 6.07) is 0. The lowest BCUT2D eigenvalue weighted by atomic mass is 10.0. The molecule has 0 nitrogen and oxygen atoms in total. The van der Waals surface area contributed by atoms with Gasteiger partial charge in [0.05, 0.1) is 0 Å². The summed E-state index contributed by atoms with van der Waals surface area (Å²) in [4.78, 5) is 0. The first kappa shape index (κ1) is 10.4. The highest BCUT2D eigenvalue weighted by molar-refractivity contribution is 8.78. The molecule has 0 bridgehead atoms. The normalized spacial score (nSPS) is 16.4. The summed E-state index contributed by atoms with van der Waals surface area (Å²) in [6.45, 7) is 8.75. The van der Waals surface area contributed by atoms with Crippen LogP contribution in [0.1, 0.15) is 27.7 Å². The molecule has 0 saturated carbocycles. The fraction of sp³-hybridized carbons (Fsp3) is 0.750. The van der Waals surface area contributed by atoms with Crippen LogP contribution in [-0.2, 0) is 0 Å². The fourth-order valence-corrected chi connectivity index (χ4v) is 1.77. The van der Waals surface area contributed by atoms with Crippen molar-refractivity contribution in [2.45, 2.75) is 27.7 Å². The van der Waals surface area contributed by atoms with Gasteiger partial charge in [-0.3, -0.25) is 0 Å². The second-order valence-corrected chi connectivity index (χ2v) is 6.07. The van der Waals surface area contributed by atoms with Crippen molar-refractivity contribution in [1.29, 1.82) is 0 Å². The number of hydrogen-bond acceptors (Lipinski definition) is 2. The van der Waals surface area contributed by atoms with Crippen LogP contribution in [-0.4, -0.2) is 5.75 Å². The maximum absolute atomic E-state index is 2.19. The predicted octanol–water partition coefficient (Wildman–Crippen LogP) is 3.95. The van der Waals surface area contributed by atoms with Gasteiger partial charge in [-0.1, -0.05) is 55.4 Å². The van der Waals surface area contributed by atoms with Gasteiger partial charge in [-0.15, -0.1) is 0 Å². The van der Waals surface area contributed by atoms with Crippen LogP contribution in [0.3, 0.4) is 0 Å². The minimum absolute atomic E-state index is 0.500. The number of rotatable bonds is 0. The van der Waals surface area contributed by atoms with Crippen molar-refractivity contribution in [2.24, 2.45) is 5.41 Å². The van der Waals surface area contributed by atoms with Crippen molar-refractivity contribution in [3.8, 4) is 0 Å². The van der Waals surface area contributed by atoms with Crippen LogP contribution < -0.4 is 0 Å². The molecular formula is C8H16S2. The molecule has 0 unspecified atom stereocenters. The summed E-state index contributed by atoms with van der Waals surface area (Å²) in [7, 11) is 3.69. The van der Waals surface area contributed by atoms with E-state index >= 15 is 0 Å². The smallest absolute Gasteiger partial charge is 0.0229 e. The molecule has 0 fully saturated rings. The summed E-state index contributed by atoms with van der Waals surface area (Å²) in [5.74, 6) is 1.20. The van der Waals surface area contributed by atoms with E-state index in [-0.39, 0.29) is 0 Å². The SMILES string of the molecule is C1=CSSC1.CC(C)(C)C. The lowest BCUT2D eigenvalue weighted by molar-refractivity contribution is 0.469. The van der Waals surface area contributed by atoms with Gasteiger partial charge >= 0.3 is 0 Å². The van der Waals surface area contributed by atoms with E-state index in [2.05, 4.69) is 39.2 Å². The molecule has 0 aromatic heterocycles. The van der Waals surface area contributed by atoms with Crippen molar-refractivity contribution in [3.63, 3.8) is 0 Å². The van der Waals surface area contributed by atoms with Crippen LogP contribution in [0.5, 0.6) is 0 Å². The van der Waals surface area contributed by atoms with E-state index in [9.17, 15) is 0 Å². The van der Waals surface area contributed by atoms with Crippen LogP contribution in [0.25, 0.3) is 0 Å². The highest BCUT2D eigenvalue weighted by Gasteiger charge is 1.95. The lowest BCUT2D eigenvalue weighted by Gasteiger charge is -2.05. The molecule has 1 heterocycles. The van der Waals surface area contributed by atoms with E-state index in [4.69, 9.17) is 0 Å². The van der Waals surface area contributed by atoms with E-state index in [0.29, 0.717) is 5.41 Å². The van der Waals surface area contributed by atoms with Crippen LogP contribution >= 0.6 is 21.6 Å². The molecule has 0 saturated heterocycles. The summed E-state index contributed by atoms with van der Waals surface area (Å²) >= 11 is 0. The first-order valence-corrected chi connectivity index (χ1v) is 5.81. The Bertz CT molecular complexity index is 88.3. The Hall–Kier alpha value is 0.440. The Labute approximate surface area is 72.3 Å². The molecule has 0 aromatic carbocycles. The number of hydrogen-bond donors (Lipinski definition) is 0. The summed E-state index contributed by atoms with van der Waals surface area (Å²) < 4.78 is 0. The monoisotopic (exact) mass is 176 g/mol. The predicted molar refractivity (Wildman–Crippen MR) is 54.3 cm³/mol. The second-order valence-electron chi connectivity index (χ2n) is 3.75. The van der Waals surface area contributed by atoms with Gasteiger partial charge in [0, 0.05) is 5.75 Å². The fourth-order valence-electron chi connectivity index (χ4n) is 0.196. The summed E-state index contributed by atoms with van der Waals surface area (Å²) in [5.41, 5.74) is 0.500. The van der Waals surface area contributed by atoms with Crippen LogP contribution in [0.4, 0.5) is 0 Å². The third kappa shape index (κ3) is 15.8. The van der Waals surface area contributed by atoms with E-state index in [1.165, 1.54) is 5.75 Å². The van der Waals surface area contributed by atoms with Crippen molar-refractivity contribution < 1.29 is 0 Å². The molecular weight excluding hydrogens is 160 g/mol. The van der Waals surface area contributed by atoms with Gasteiger partial charge in [0.2, 0.25) is 0 Å². The van der Waals surface area contributed by atoms with Crippen LogP contribution in [0.15, 0.2) is 11.5 Å². The quantitative estimate of drug-likeness (QED) is 0.513. The summed E-state index contributed by atoms with van der Waals surface area (Å²) in [5, 5.41) is 2.12. The van der Waals surface area contributed by atoms with Crippen LogP contribution in [0, 0.1) is 5.41 Å². The molecule has 1 rings (SSSR count). The maximum atomic E-state index is 2.19. The highest BCUT2D eigenvalue weighted by atomic mass is 33.1. The Morgan fingerprint density at radius 2 is 1.70 bits per heavy atom. The minimum atomic E-state index is 0.500. The van der Waals surface area contributed by atoms with Gasteiger partial charge in [-0.05, 0) is 10.8 Å². The molecule has 1 aliphatic heterocycles. The minimum Gasteiger partial charge on any atom is -0.0854 e. The van der Waals surface area contributed by atoms with Crippen LogP contribution in [0.2, 0.25) is 0 Å². The third-order valence-corrected chi connectivity index (χ3v) is 2.30. The van der Waals surface area contributed by atoms with Crippen molar-refractivity contribution in [2.75, 3.05) is 5.75 Å². The van der Waals surface area contributed by atoms with Gasteiger partial charge in [-0.2, -0.15) is 0 Å². The van der Waals surface area contributed by atoms with Gasteiger partial charge in [0.1, 0.15) is 0 Å². The zero-order valence-electron chi connectivity index (χ0n) is 7.18. The second kappa shape index (κ2) is 5.14. The first-order valence-electron chi connectivity index (χ1n) is 3.43. The van der Waals surface area contributed by atoms with Gasteiger partial charge in [0.15, 0.2) is 0 Å². The molecule has 0 N–H and O–H groups in total. The zero-order valence-corrected chi connectivity index (χ0v) is 8.81. The standard InChI is InChI=1S/C5H12.C3H4S2/c1-5(2,3)4;1-2-4-5-3-1/h1-4H3;1-2H,3H2. The molecule has 2 heteroatoms. The van der Waals surface area contributed by atoms with Gasteiger partial charge < -0.3 is 0 Å².